The lowest BCUT2D eigenvalue weighted by molar-refractivity contribution is 0.0962. The van der Waals surface area contributed by atoms with E-state index in [0.29, 0.717) is 16.7 Å². The Labute approximate surface area is 100 Å². The van der Waals surface area contributed by atoms with E-state index >= 15 is 0 Å². The molecule has 4 heteroatoms. The molecule has 0 atom stereocenters. The van der Waals surface area contributed by atoms with E-state index < -0.39 is 0 Å². The third-order valence-electron chi connectivity index (χ3n) is 2.18. The lowest BCUT2D eigenvalue weighted by Gasteiger charge is -2.05. The van der Waals surface area contributed by atoms with Gasteiger partial charge in [0.25, 0.3) is 11.8 Å². The van der Waals surface area contributed by atoms with Crippen LogP contribution in [-0.4, -0.2) is 25.9 Å². The standard InChI is InChI=1S/C13H14N2O2/c1-4-5-9-6-10(12(16)14-2)8-11(7-9)13(17)15-3/h6-8H,1-3H3,(H,14,16)(H,15,17). The summed E-state index contributed by atoms with van der Waals surface area (Å²) in [6, 6.07) is 4.85. The number of carbonyl (C=O) groups is 2. The van der Waals surface area contributed by atoms with Gasteiger partial charge in [0.15, 0.2) is 0 Å². The van der Waals surface area contributed by atoms with E-state index in [1.165, 1.54) is 0 Å². The number of amides is 2. The highest BCUT2D eigenvalue weighted by Crippen LogP contribution is 2.10. The molecule has 0 spiro atoms. The molecule has 0 heterocycles. The molecule has 0 radical (unpaired) electrons. The van der Waals surface area contributed by atoms with Crippen molar-refractivity contribution >= 4 is 11.8 Å². The highest BCUT2D eigenvalue weighted by atomic mass is 16.2. The van der Waals surface area contributed by atoms with E-state index in [4.69, 9.17) is 0 Å². The molecule has 17 heavy (non-hydrogen) atoms. The van der Waals surface area contributed by atoms with Gasteiger partial charge in [-0.05, 0) is 25.1 Å². The Morgan fingerprint density at radius 1 is 1.00 bits per heavy atom. The molecular weight excluding hydrogens is 216 g/mol. The van der Waals surface area contributed by atoms with Gasteiger partial charge in [-0.2, -0.15) is 0 Å². The molecular formula is C13H14N2O2. The number of benzene rings is 1. The summed E-state index contributed by atoms with van der Waals surface area (Å²) in [6.45, 7) is 1.70. The molecule has 88 valence electrons. The fraction of sp³-hybridized carbons (Fsp3) is 0.231. The normalized spacial score (nSPS) is 8.88. The fourth-order valence-electron chi connectivity index (χ4n) is 1.39. The summed E-state index contributed by atoms with van der Waals surface area (Å²) in [5.74, 6) is 5.09. The molecule has 0 aliphatic carbocycles. The molecule has 0 saturated carbocycles. The molecule has 0 aliphatic heterocycles. The first-order valence-electron chi connectivity index (χ1n) is 5.14. The van der Waals surface area contributed by atoms with Crippen LogP contribution in [0.3, 0.4) is 0 Å². The summed E-state index contributed by atoms with van der Waals surface area (Å²) < 4.78 is 0. The molecule has 0 fully saturated rings. The Morgan fingerprint density at radius 3 is 1.82 bits per heavy atom. The van der Waals surface area contributed by atoms with Crippen LogP contribution in [0.25, 0.3) is 0 Å². The number of rotatable bonds is 2. The van der Waals surface area contributed by atoms with E-state index in [9.17, 15) is 9.59 Å². The largest absolute Gasteiger partial charge is 0.355 e. The van der Waals surface area contributed by atoms with Crippen LogP contribution in [0.15, 0.2) is 18.2 Å². The summed E-state index contributed by atoms with van der Waals surface area (Å²) in [5, 5.41) is 5.03. The first kappa shape index (κ1) is 12.8. The Bertz CT molecular complexity index is 476. The van der Waals surface area contributed by atoms with Crippen LogP contribution >= 0.6 is 0 Å². The summed E-state index contributed by atoms with van der Waals surface area (Å²) in [6.07, 6.45) is 0. The minimum atomic E-state index is -0.241. The first-order chi connectivity index (χ1) is 8.12. The van der Waals surface area contributed by atoms with Crippen molar-refractivity contribution < 1.29 is 9.59 Å². The zero-order valence-electron chi connectivity index (χ0n) is 10.0. The van der Waals surface area contributed by atoms with Crippen molar-refractivity contribution in [1.82, 2.24) is 10.6 Å². The Hall–Kier alpha value is -2.28. The molecule has 1 aromatic carbocycles. The van der Waals surface area contributed by atoms with E-state index in [1.54, 1.807) is 39.2 Å². The van der Waals surface area contributed by atoms with E-state index in [2.05, 4.69) is 22.5 Å². The topological polar surface area (TPSA) is 58.2 Å². The number of nitrogens with one attached hydrogen (secondary N) is 2. The van der Waals surface area contributed by atoms with Gasteiger partial charge in [-0.25, -0.2) is 0 Å². The molecule has 0 unspecified atom stereocenters. The number of carbonyl (C=O) groups excluding carboxylic acids is 2. The first-order valence-corrected chi connectivity index (χ1v) is 5.14. The van der Waals surface area contributed by atoms with Gasteiger partial charge < -0.3 is 10.6 Å². The fourth-order valence-corrected chi connectivity index (χ4v) is 1.39. The maximum atomic E-state index is 11.5. The summed E-state index contributed by atoms with van der Waals surface area (Å²) >= 11 is 0. The highest BCUT2D eigenvalue weighted by Gasteiger charge is 2.10. The second kappa shape index (κ2) is 5.71. The second-order valence-electron chi connectivity index (χ2n) is 3.33. The molecule has 1 rings (SSSR count). The zero-order chi connectivity index (χ0) is 12.8. The molecule has 0 aliphatic rings. The quantitative estimate of drug-likeness (QED) is 0.737. The van der Waals surface area contributed by atoms with Gasteiger partial charge in [0.1, 0.15) is 0 Å². The van der Waals surface area contributed by atoms with Gasteiger partial charge in [0.2, 0.25) is 0 Å². The molecule has 0 saturated heterocycles. The molecule has 0 bridgehead atoms. The molecule has 1 aromatic rings. The van der Waals surface area contributed by atoms with Crippen LogP contribution in [-0.2, 0) is 0 Å². The summed E-state index contributed by atoms with van der Waals surface area (Å²) in [4.78, 5) is 23.1. The van der Waals surface area contributed by atoms with Gasteiger partial charge in [0.05, 0.1) is 0 Å². The maximum absolute atomic E-state index is 11.5. The highest BCUT2D eigenvalue weighted by molar-refractivity contribution is 6.00. The predicted octanol–water partition coefficient (Wildman–Crippen LogP) is 0.777. The Kier molecular flexibility index (Phi) is 4.29. The summed E-state index contributed by atoms with van der Waals surface area (Å²) in [7, 11) is 3.08. The Balaban J connectivity index is 3.31. The third-order valence-corrected chi connectivity index (χ3v) is 2.18. The van der Waals surface area contributed by atoms with E-state index in [0.717, 1.165) is 0 Å². The third kappa shape index (κ3) is 3.08. The van der Waals surface area contributed by atoms with Crippen LogP contribution < -0.4 is 10.6 Å². The van der Waals surface area contributed by atoms with Crippen LogP contribution in [0, 0.1) is 11.8 Å². The van der Waals surface area contributed by atoms with Gasteiger partial charge in [-0.1, -0.05) is 5.92 Å². The molecule has 0 aromatic heterocycles. The lowest BCUT2D eigenvalue weighted by atomic mass is 10.0. The second-order valence-corrected chi connectivity index (χ2v) is 3.33. The van der Waals surface area contributed by atoms with Crippen LogP contribution in [0.2, 0.25) is 0 Å². The van der Waals surface area contributed by atoms with Crippen molar-refractivity contribution in [2.24, 2.45) is 0 Å². The average Bonchev–Trinajstić information content (AvgIpc) is 2.36. The van der Waals surface area contributed by atoms with Crippen molar-refractivity contribution in [2.45, 2.75) is 6.92 Å². The predicted molar refractivity (Wildman–Crippen MR) is 65.8 cm³/mol. The monoisotopic (exact) mass is 230 g/mol. The van der Waals surface area contributed by atoms with Gasteiger partial charge >= 0.3 is 0 Å². The van der Waals surface area contributed by atoms with E-state index in [-0.39, 0.29) is 11.8 Å². The van der Waals surface area contributed by atoms with Crippen molar-refractivity contribution in [3.05, 3.63) is 34.9 Å². The smallest absolute Gasteiger partial charge is 0.251 e. The molecule has 4 nitrogen and oxygen atoms in total. The minimum absolute atomic E-state index is 0.241. The van der Waals surface area contributed by atoms with Crippen molar-refractivity contribution in [3.8, 4) is 11.8 Å². The van der Waals surface area contributed by atoms with Crippen LogP contribution in [0.4, 0.5) is 0 Å². The van der Waals surface area contributed by atoms with Gasteiger partial charge in [-0.3, -0.25) is 9.59 Å². The van der Waals surface area contributed by atoms with Gasteiger partial charge in [-0.15, -0.1) is 5.92 Å². The average molecular weight is 230 g/mol. The van der Waals surface area contributed by atoms with E-state index in [1.807, 2.05) is 0 Å². The number of hydrogen-bond donors (Lipinski definition) is 2. The SMILES string of the molecule is CC#Cc1cc(C(=O)NC)cc(C(=O)NC)c1. The number of hydrogen-bond acceptors (Lipinski definition) is 2. The van der Waals surface area contributed by atoms with Gasteiger partial charge in [0, 0.05) is 30.8 Å². The van der Waals surface area contributed by atoms with Crippen molar-refractivity contribution in [3.63, 3.8) is 0 Å². The van der Waals surface area contributed by atoms with Crippen molar-refractivity contribution in [2.75, 3.05) is 14.1 Å². The minimum Gasteiger partial charge on any atom is -0.355 e. The maximum Gasteiger partial charge on any atom is 0.251 e. The Morgan fingerprint density at radius 2 is 1.47 bits per heavy atom. The van der Waals surface area contributed by atoms with Crippen LogP contribution in [0.1, 0.15) is 33.2 Å². The summed E-state index contributed by atoms with van der Waals surface area (Å²) in [5.41, 5.74) is 1.49. The zero-order valence-corrected chi connectivity index (χ0v) is 10.0. The van der Waals surface area contributed by atoms with Crippen LogP contribution in [0.5, 0.6) is 0 Å². The molecule has 2 amide bonds. The lowest BCUT2D eigenvalue weighted by Crippen LogP contribution is -2.21. The molecule has 2 N–H and O–H groups in total. The van der Waals surface area contributed by atoms with Crippen molar-refractivity contribution in [1.29, 1.82) is 0 Å².